The second-order valence-electron chi connectivity index (χ2n) is 6.99. The Morgan fingerprint density at radius 1 is 1.00 bits per heavy atom. The number of ether oxygens (including phenoxy) is 1. The molecule has 0 N–H and O–H groups in total. The van der Waals surface area contributed by atoms with Crippen molar-refractivity contribution in [2.24, 2.45) is 5.92 Å². The third-order valence-corrected chi connectivity index (χ3v) is 5.35. The van der Waals surface area contributed by atoms with Crippen LogP contribution in [0.1, 0.15) is 22.2 Å². The Morgan fingerprint density at radius 2 is 1.75 bits per heavy atom. The standard InChI is InChI=1S/C21H22N2O5/c24-19(16-7-4-12-28-16)17-18(15-5-2-1-3-6-15)23(21(26)20(17)25)9-8-22-10-13-27-14-11-22/h1-7,12,17-18H,8-11,13-14H2. The summed E-state index contributed by atoms with van der Waals surface area (Å²) in [6.45, 7) is 3.92. The normalized spacial score (nSPS) is 23.4. The number of morpholine rings is 1. The average Bonchev–Trinajstić information content (AvgIpc) is 3.36. The molecule has 2 aliphatic heterocycles. The topological polar surface area (TPSA) is 80.1 Å². The molecule has 2 atom stereocenters. The van der Waals surface area contributed by atoms with Crippen molar-refractivity contribution < 1.29 is 23.5 Å². The first-order valence-electron chi connectivity index (χ1n) is 9.44. The van der Waals surface area contributed by atoms with E-state index in [0.717, 1.165) is 18.7 Å². The van der Waals surface area contributed by atoms with Gasteiger partial charge in [0.1, 0.15) is 5.92 Å². The molecule has 0 spiro atoms. The fraction of sp³-hybridized carbons (Fsp3) is 0.381. The Morgan fingerprint density at radius 3 is 2.43 bits per heavy atom. The zero-order chi connectivity index (χ0) is 19.5. The van der Waals surface area contributed by atoms with E-state index in [0.29, 0.717) is 26.3 Å². The lowest BCUT2D eigenvalue weighted by Gasteiger charge is -2.31. The summed E-state index contributed by atoms with van der Waals surface area (Å²) in [5, 5.41) is 0. The van der Waals surface area contributed by atoms with E-state index in [9.17, 15) is 14.4 Å². The average molecular weight is 382 g/mol. The van der Waals surface area contributed by atoms with E-state index < -0.39 is 29.4 Å². The van der Waals surface area contributed by atoms with Gasteiger partial charge in [-0.15, -0.1) is 0 Å². The molecule has 0 aliphatic carbocycles. The summed E-state index contributed by atoms with van der Waals surface area (Å²) in [7, 11) is 0. The molecule has 1 amide bonds. The Balaban J connectivity index is 1.63. The van der Waals surface area contributed by atoms with Crippen molar-refractivity contribution in [1.82, 2.24) is 9.80 Å². The van der Waals surface area contributed by atoms with Crippen molar-refractivity contribution in [1.29, 1.82) is 0 Å². The van der Waals surface area contributed by atoms with Gasteiger partial charge in [0.15, 0.2) is 5.76 Å². The van der Waals surface area contributed by atoms with E-state index in [1.165, 1.54) is 12.3 Å². The van der Waals surface area contributed by atoms with E-state index in [1.54, 1.807) is 11.0 Å². The van der Waals surface area contributed by atoms with Crippen molar-refractivity contribution in [3.8, 4) is 0 Å². The number of ketones is 2. The van der Waals surface area contributed by atoms with E-state index in [2.05, 4.69) is 4.90 Å². The van der Waals surface area contributed by atoms with Gasteiger partial charge in [0.05, 0.1) is 25.5 Å². The van der Waals surface area contributed by atoms with Gasteiger partial charge in [-0.25, -0.2) is 0 Å². The van der Waals surface area contributed by atoms with Gasteiger partial charge >= 0.3 is 0 Å². The predicted octanol–water partition coefficient (Wildman–Crippen LogP) is 1.56. The summed E-state index contributed by atoms with van der Waals surface area (Å²) in [5.74, 6) is -2.72. The number of carbonyl (C=O) groups is 3. The first-order valence-corrected chi connectivity index (χ1v) is 9.44. The first-order chi connectivity index (χ1) is 13.7. The third-order valence-electron chi connectivity index (χ3n) is 5.35. The van der Waals surface area contributed by atoms with Crippen LogP contribution in [0.3, 0.4) is 0 Å². The summed E-state index contributed by atoms with van der Waals surface area (Å²) in [4.78, 5) is 42.3. The van der Waals surface area contributed by atoms with E-state index in [1.807, 2.05) is 30.3 Å². The highest BCUT2D eigenvalue weighted by atomic mass is 16.5. The maximum Gasteiger partial charge on any atom is 0.291 e. The number of rotatable bonds is 6. The fourth-order valence-electron chi connectivity index (χ4n) is 3.90. The molecule has 4 rings (SSSR count). The largest absolute Gasteiger partial charge is 0.461 e. The molecule has 2 aliphatic rings. The number of furan rings is 1. The van der Waals surface area contributed by atoms with E-state index in [4.69, 9.17) is 9.15 Å². The molecule has 1 aromatic heterocycles. The molecule has 1 aromatic carbocycles. The lowest BCUT2D eigenvalue weighted by atomic mass is 9.88. The summed E-state index contributed by atoms with van der Waals surface area (Å²) in [6, 6.07) is 11.7. The predicted molar refractivity (Wildman–Crippen MR) is 99.7 cm³/mol. The second kappa shape index (κ2) is 8.08. The van der Waals surface area contributed by atoms with Gasteiger partial charge in [-0.2, -0.15) is 0 Å². The highest BCUT2D eigenvalue weighted by molar-refractivity contribution is 6.43. The molecule has 7 heteroatoms. The molecule has 2 aromatic rings. The molecule has 0 saturated carbocycles. The van der Waals surface area contributed by atoms with Crippen molar-refractivity contribution >= 4 is 17.5 Å². The Kier molecular flexibility index (Phi) is 5.36. The molecule has 2 unspecified atom stereocenters. The van der Waals surface area contributed by atoms with Gasteiger partial charge in [-0.05, 0) is 17.7 Å². The smallest absolute Gasteiger partial charge is 0.291 e. The summed E-state index contributed by atoms with van der Waals surface area (Å²) < 4.78 is 10.6. The molecule has 7 nitrogen and oxygen atoms in total. The summed E-state index contributed by atoms with van der Waals surface area (Å²) in [5.41, 5.74) is 0.772. The van der Waals surface area contributed by atoms with E-state index in [-0.39, 0.29) is 5.76 Å². The number of Topliss-reactive ketones (excluding diaryl/α,β-unsaturated/α-hetero) is 2. The number of likely N-dealkylation sites (tertiary alicyclic amines) is 1. The minimum atomic E-state index is -1.09. The summed E-state index contributed by atoms with van der Waals surface area (Å²) >= 11 is 0. The number of nitrogens with zero attached hydrogens (tertiary/aromatic N) is 2. The highest BCUT2D eigenvalue weighted by Gasteiger charge is 2.52. The van der Waals surface area contributed by atoms with Crippen LogP contribution in [0.2, 0.25) is 0 Å². The van der Waals surface area contributed by atoms with Gasteiger partial charge < -0.3 is 14.1 Å². The SMILES string of the molecule is O=C1C(=O)N(CCN2CCOCC2)C(c2ccccc2)C1C(=O)c1ccco1. The lowest BCUT2D eigenvalue weighted by molar-refractivity contribution is -0.141. The molecule has 3 heterocycles. The molecule has 146 valence electrons. The van der Waals surface area contributed by atoms with Crippen molar-refractivity contribution in [2.45, 2.75) is 6.04 Å². The van der Waals surface area contributed by atoms with Crippen LogP contribution in [0, 0.1) is 5.92 Å². The van der Waals surface area contributed by atoms with Gasteiger partial charge in [0, 0.05) is 26.2 Å². The highest BCUT2D eigenvalue weighted by Crippen LogP contribution is 2.38. The Labute approximate surface area is 162 Å². The Hall–Kier alpha value is -2.77. The zero-order valence-electron chi connectivity index (χ0n) is 15.5. The summed E-state index contributed by atoms with van der Waals surface area (Å²) in [6.07, 6.45) is 1.39. The fourth-order valence-corrected chi connectivity index (χ4v) is 3.90. The van der Waals surface area contributed by atoms with Crippen LogP contribution in [0.5, 0.6) is 0 Å². The van der Waals surface area contributed by atoms with Crippen LogP contribution in [0.4, 0.5) is 0 Å². The number of hydrogen-bond donors (Lipinski definition) is 0. The van der Waals surface area contributed by atoms with Crippen LogP contribution < -0.4 is 0 Å². The van der Waals surface area contributed by atoms with Gasteiger partial charge in [-0.3, -0.25) is 19.3 Å². The molecule has 2 saturated heterocycles. The first kappa shape index (κ1) is 18.6. The number of amides is 1. The molecule has 0 radical (unpaired) electrons. The van der Waals surface area contributed by atoms with Crippen LogP contribution in [0.15, 0.2) is 53.1 Å². The number of hydrogen-bond acceptors (Lipinski definition) is 6. The molecule has 28 heavy (non-hydrogen) atoms. The third kappa shape index (κ3) is 3.50. The molecular formula is C21H22N2O5. The van der Waals surface area contributed by atoms with Crippen LogP contribution in [-0.4, -0.2) is 66.7 Å². The maximum atomic E-state index is 13.0. The van der Waals surface area contributed by atoms with Crippen molar-refractivity contribution in [3.63, 3.8) is 0 Å². The lowest BCUT2D eigenvalue weighted by Crippen LogP contribution is -2.42. The zero-order valence-corrected chi connectivity index (χ0v) is 15.5. The number of carbonyl (C=O) groups excluding carboxylic acids is 3. The van der Waals surface area contributed by atoms with E-state index >= 15 is 0 Å². The molecule has 2 fully saturated rings. The quantitative estimate of drug-likeness (QED) is 0.429. The monoisotopic (exact) mass is 382 g/mol. The molecule has 0 bridgehead atoms. The minimum Gasteiger partial charge on any atom is -0.461 e. The maximum absolute atomic E-state index is 13.0. The van der Waals surface area contributed by atoms with Crippen molar-refractivity contribution in [2.75, 3.05) is 39.4 Å². The van der Waals surface area contributed by atoms with Gasteiger partial charge in [0.25, 0.3) is 5.91 Å². The minimum absolute atomic E-state index is 0.0992. The molecular weight excluding hydrogens is 360 g/mol. The van der Waals surface area contributed by atoms with Crippen LogP contribution in [0.25, 0.3) is 0 Å². The second-order valence-corrected chi connectivity index (χ2v) is 6.99. The van der Waals surface area contributed by atoms with Crippen LogP contribution >= 0.6 is 0 Å². The van der Waals surface area contributed by atoms with Crippen molar-refractivity contribution in [3.05, 3.63) is 60.1 Å². The van der Waals surface area contributed by atoms with Crippen LogP contribution in [-0.2, 0) is 14.3 Å². The number of benzene rings is 1. The Bertz CT molecular complexity index is 843. The van der Waals surface area contributed by atoms with Gasteiger partial charge in [0.2, 0.25) is 11.6 Å². The van der Waals surface area contributed by atoms with Gasteiger partial charge in [-0.1, -0.05) is 30.3 Å².